The molecule has 1 N–H and O–H groups in total. The number of phenolic OH excluding ortho intramolecular Hbond substituents is 1. The van der Waals surface area contributed by atoms with Crippen LogP contribution in [0.1, 0.15) is 5.56 Å². The maximum atomic E-state index is 13.4. The maximum Gasteiger partial charge on any atom is 0.209 e. The zero-order valence-corrected chi connectivity index (χ0v) is 8.86. The predicted molar refractivity (Wildman–Crippen MR) is 58.8 cm³/mol. The number of hydrogen-bond acceptors (Lipinski definition) is 2. The van der Waals surface area contributed by atoms with Crippen LogP contribution in [0.5, 0.6) is 11.5 Å². The molecule has 88 valence electrons. The Hall–Kier alpha value is -2.10. The fourth-order valence-corrected chi connectivity index (χ4v) is 1.37. The molecule has 4 heteroatoms. The Morgan fingerprint density at radius 2 is 1.71 bits per heavy atom. The lowest BCUT2D eigenvalue weighted by Crippen LogP contribution is -1.98. The highest BCUT2D eigenvalue weighted by Gasteiger charge is 2.13. The lowest BCUT2D eigenvalue weighted by molar-refractivity contribution is 0.281. The maximum absolute atomic E-state index is 13.4. The van der Waals surface area contributed by atoms with Gasteiger partial charge in [0.1, 0.15) is 6.61 Å². The van der Waals surface area contributed by atoms with E-state index >= 15 is 0 Å². The van der Waals surface area contributed by atoms with E-state index in [0.717, 1.165) is 17.7 Å². The predicted octanol–water partition coefficient (Wildman–Crippen LogP) is 3.25. The second-order valence-corrected chi connectivity index (χ2v) is 3.48. The molecule has 0 saturated carbocycles. The summed E-state index contributed by atoms with van der Waals surface area (Å²) in [7, 11) is 0. The molecule has 0 bridgehead atoms. The summed E-state index contributed by atoms with van der Waals surface area (Å²) >= 11 is 0. The van der Waals surface area contributed by atoms with Crippen molar-refractivity contribution in [3.63, 3.8) is 0 Å². The lowest BCUT2D eigenvalue weighted by Gasteiger charge is -2.08. The third-order valence-corrected chi connectivity index (χ3v) is 2.27. The van der Waals surface area contributed by atoms with Gasteiger partial charge in [0.25, 0.3) is 0 Å². The second kappa shape index (κ2) is 4.82. The fraction of sp³-hybridized carbons (Fsp3) is 0.0769. The van der Waals surface area contributed by atoms with Gasteiger partial charge in [-0.2, -0.15) is 4.39 Å². The van der Waals surface area contributed by atoms with Gasteiger partial charge in [0.2, 0.25) is 5.82 Å². The molecule has 17 heavy (non-hydrogen) atoms. The Bertz CT molecular complexity index is 512. The average molecular weight is 236 g/mol. The van der Waals surface area contributed by atoms with Crippen LogP contribution in [0.2, 0.25) is 0 Å². The van der Waals surface area contributed by atoms with Crippen LogP contribution in [0.4, 0.5) is 8.78 Å². The van der Waals surface area contributed by atoms with Gasteiger partial charge in [-0.15, -0.1) is 0 Å². The van der Waals surface area contributed by atoms with Gasteiger partial charge in [-0.1, -0.05) is 30.3 Å². The van der Waals surface area contributed by atoms with Crippen LogP contribution in [0, 0.1) is 11.6 Å². The molecule has 0 amide bonds. The highest BCUT2D eigenvalue weighted by atomic mass is 19.1. The first kappa shape index (κ1) is 11.4. The Morgan fingerprint density at radius 1 is 1.00 bits per heavy atom. The molecule has 0 aliphatic rings. The Kier molecular flexibility index (Phi) is 3.23. The highest BCUT2D eigenvalue weighted by molar-refractivity contribution is 5.36. The molecule has 0 atom stereocenters. The third kappa shape index (κ3) is 2.53. The van der Waals surface area contributed by atoms with Gasteiger partial charge >= 0.3 is 0 Å². The van der Waals surface area contributed by atoms with Crippen LogP contribution in [-0.4, -0.2) is 5.11 Å². The number of benzene rings is 2. The number of ether oxygens (including phenoxy) is 1. The zero-order chi connectivity index (χ0) is 12.3. The smallest absolute Gasteiger partial charge is 0.209 e. The quantitative estimate of drug-likeness (QED) is 0.886. The number of hydrogen-bond donors (Lipinski definition) is 1. The molecular formula is C13H10F2O2. The summed E-state index contributed by atoms with van der Waals surface area (Å²) in [4.78, 5) is 0. The molecule has 0 heterocycles. The largest absolute Gasteiger partial charge is 0.503 e. The summed E-state index contributed by atoms with van der Waals surface area (Å²) in [5.41, 5.74) is 0.857. The minimum absolute atomic E-state index is 0.156. The van der Waals surface area contributed by atoms with Gasteiger partial charge in [0.05, 0.1) is 0 Å². The van der Waals surface area contributed by atoms with Crippen LogP contribution in [0.15, 0.2) is 42.5 Å². The van der Waals surface area contributed by atoms with Gasteiger partial charge in [-0.25, -0.2) is 4.39 Å². The summed E-state index contributed by atoms with van der Waals surface area (Å²) in [6.45, 7) is 0.156. The van der Waals surface area contributed by atoms with Crippen LogP contribution >= 0.6 is 0 Å². The van der Waals surface area contributed by atoms with E-state index in [0.29, 0.717) is 0 Å². The van der Waals surface area contributed by atoms with E-state index in [4.69, 9.17) is 9.84 Å². The second-order valence-electron chi connectivity index (χ2n) is 3.48. The van der Waals surface area contributed by atoms with Crippen molar-refractivity contribution < 1.29 is 18.6 Å². The molecule has 0 aromatic heterocycles. The minimum atomic E-state index is -1.08. The first-order chi connectivity index (χ1) is 8.18. The number of phenols is 1. The summed E-state index contributed by atoms with van der Waals surface area (Å²) in [5.74, 6) is -3.28. The molecular weight excluding hydrogens is 226 g/mol. The van der Waals surface area contributed by atoms with Crippen molar-refractivity contribution in [3.8, 4) is 11.5 Å². The molecule has 0 aliphatic heterocycles. The van der Waals surface area contributed by atoms with E-state index in [1.807, 2.05) is 30.3 Å². The van der Waals surface area contributed by atoms with E-state index < -0.39 is 17.4 Å². The van der Waals surface area contributed by atoms with E-state index in [1.54, 1.807) is 0 Å². The molecule has 2 aromatic rings. The summed E-state index contributed by atoms with van der Waals surface area (Å²) in [6.07, 6.45) is 0. The molecule has 0 fully saturated rings. The Morgan fingerprint density at radius 3 is 2.41 bits per heavy atom. The first-order valence-corrected chi connectivity index (χ1v) is 5.02. The van der Waals surface area contributed by atoms with E-state index in [9.17, 15) is 8.78 Å². The Labute approximate surface area is 97.1 Å². The van der Waals surface area contributed by atoms with E-state index in [2.05, 4.69) is 0 Å². The van der Waals surface area contributed by atoms with Crippen LogP contribution in [0.3, 0.4) is 0 Å². The molecule has 0 spiro atoms. The van der Waals surface area contributed by atoms with Crippen molar-refractivity contribution >= 4 is 0 Å². The average Bonchev–Trinajstić information content (AvgIpc) is 2.36. The van der Waals surface area contributed by atoms with Crippen molar-refractivity contribution in [1.29, 1.82) is 0 Å². The van der Waals surface area contributed by atoms with Crippen LogP contribution in [-0.2, 0) is 6.61 Å². The highest BCUT2D eigenvalue weighted by Crippen LogP contribution is 2.28. The van der Waals surface area contributed by atoms with E-state index in [-0.39, 0.29) is 12.4 Å². The molecule has 0 radical (unpaired) electrons. The third-order valence-electron chi connectivity index (χ3n) is 2.27. The number of halogens is 2. The van der Waals surface area contributed by atoms with Crippen molar-refractivity contribution in [2.24, 2.45) is 0 Å². The SMILES string of the molecule is Oc1c(F)ccc(OCc2ccccc2)c1F. The monoisotopic (exact) mass is 236 g/mol. The standard InChI is InChI=1S/C13H10F2O2/c14-10-6-7-11(12(15)13(10)16)17-8-9-4-2-1-3-5-9/h1-7,16H,8H2. The number of aromatic hydroxyl groups is 1. The van der Waals surface area contributed by atoms with Crippen LogP contribution < -0.4 is 4.74 Å². The molecule has 0 saturated heterocycles. The molecule has 2 nitrogen and oxygen atoms in total. The fourth-order valence-electron chi connectivity index (χ4n) is 1.37. The van der Waals surface area contributed by atoms with Crippen molar-refractivity contribution in [2.45, 2.75) is 6.61 Å². The van der Waals surface area contributed by atoms with Gasteiger partial charge in [-0.3, -0.25) is 0 Å². The summed E-state index contributed by atoms with van der Waals surface area (Å²) < 4.78 is 31.3. The zero-order valence-electron chi connectivity index (χ0n) is 8.86. The summed E-state index contributed by atoms with van der Waals surface area (Å²) in [6, 6.07) is 11.3. The van der Waals surface area contributed by atoms with Gasteiger partial charge in [0.15, 0.2) is 17.3 Å². The minimum Gasteiger partial charge on any atom is -0.503 e. The Balaban J connectivity index is 2.13. The normalized spacial score (nSPS) is 10.2. The van der Waals surface area contributed by atoms with Crippen LogP contribution in [0.25, 0.3) is 0 Å². The number of rotatable bonds is 3. The van der Waals surface area contributed by atoms with Gasteiger partial charge in [0, 0.05) is 0 Å². The van der Waals surface area contributed by atoms with Gasteiger partial charge < -0.3 is 9.84 Å². The molecule has 2 aromatic carbocycles. The van der Waals surface area contributed by atoms with Crippen molar-refractivity contribution in [3.05, 3.63) is 59.7 Å². The molecule has 0 aliphatic carbocycles. The lowest BCUT2D eigenvalue weighted by atomic mass is 10.2. The van der Waals surface area contributed by atoms with Crippen molar-refractivity contribution in [2.75, 3.05) is 0 Å². The molecule has 0 unspecified atom stereocenters. The topological polar surface area (TPSA) is 29.5 Å². The summed E-state index contributed by atoms with van der Waals surface area (Å²) in [5, 5.41) is 9.05. The van der Waals surface area contributed by atoms with Gasteiger partial charge in [-0.05, 0) is 17.7 Å². The first-order valence-electron chi connectivity index (χ1n) is 5.02. The van der Waals surface area contributed by atoms with Crippen molar-refractivity contribution in [1.82, 2.24) is 0 Å². The van der Waals surface area contributed by atoms with E-state index in [1.165, 1.54) is 0 Å². The molecule has 2 rings (SSSR count).